The Morgan fingerprint density at radius 3 is 2.45 bits per heavy atom. The van der Waals surface area contributed by atoms with Gasteiger partial charge in [0.1, 0.15) is 0 Å². The molecule has 0 aliphatic carbocycles. The Balaban J connectivity index is 2.28. The third-order valence-electron chi connectivity index (χ3n) is 3.63. The second-order valence-electron chi connectivity index (χ2n) is 5.13. The molecule has 2 aromatic rings. The zero-order valence-electron chi connectivity index (χ0n) is 12.2. The molecule has 0 fully saturated rings. The fraction of sp³-hybridized carbons (Fsp3) is 0.438. The van der Waals surface area contributed by atoms with Crippen LogP contribution in [0.25, 0.3) is 0 Å². The first-order valence-corrected chi connectivity index (χ1v) is 8.23. The van der Waals surface area contributed by atoms with Gasteiger partial charge in [0.15, 0.2) is 0 Å². The molecule has 0 radical (unpaired) electrons. The number of nitrogens with zero attached hydrogens (tertiary/aromatic N) is 2. The summed E-state index contributed by atoms with van der Waals surface area (Å²) in [6, 6.07) is 8.64. The lowest BCUT2D eigenvalue weighted by Crippen LogP contribution is -2.10. The van der Waals surface area contributed by atoms with Gasteiger partial charge in [-0.05, 0) is 48.7 Å². The minimum atomic E-state index is 0.315. The largest absolute Gasteiger partial charge is 0.268 e. The van der Waals surface area contributed by atoms with Gasteiger partial charge in [0.05, 0.1) is 15.9 Å². The summed E-state index contributed by atoms with van der Waals surface area (Å²) in [5.74, 6) is 0.929. The van der Waals surface area contributed by atoms with Gasteiger partial charge >= 0.3 is 0 Å². The summed E-state index contributed by atoms with van der Waals surface area (Å²) in [5, 5.41) is 4.55. The Hall–Kier alpha value is -0.800. The number of aryl methyl sites for hydroxylation is 3. The van der Waals surface area contributed by atoms with Crippen molar-refractivity contribution in [2.24, 2.45) is 0 Å². The highest BCUT2D eigenvalue weighted by Gasteiger charge is 2.18. The van der Waals surface area contributed by atoms with E-state index in [9.17, 15) is 0 Å². The zero-order chi connectivity index (χ0) is 14.7. The Morgan fingerprint density at radius 2 is 1.90 bits per heavy atom. The van der Waals surface area contributed by atoms with E-state index in [1.807, 2.05) is 6.92 Å². The van der Waals surface area contributed by atoms with Crippen molar-refractivity contribution in [3.63, 3.8) is 0 Å². The standard InChI is InChI=1S/C16H20BrClN2/c1-4-20-15(16(17)12(3)19-20)9-14(10-18)13-7-5-11(2)6-8-13/h5-8,14H,4,9-10H2,1-3H3. The molecule has 1 heterocycles. The molecule has 2 nitrogen and oxygen atoms in total. The molecular formula is C16H20BrClN2. The molecule has 2 rings (SSSR count). The van der Waals surface area contributed by atoms with Crippen molar-refractivity contribution in [2.75, 3.05) is 5.88 Å². The average Bonchev–Trinajstić information content (AvgIpc) is 2.73. The van der Waals surface area contributed by atoms with Crippen LogP contribution in [0.2, 0.25) is 0 Å². The lowest BCUT2D eigenvalue weighted by atomic mass is 9.95. The first kappa shape index (κ1) is 15.6. The van der Waals surface area contributed by atoms with E-state index >= 15 is 0 Å². The van der Waals surface area contributed by atoms with Crippen LogP contribution in [-0.4, -0.2) is 15.7 Å². The highest BCUT2D eigenvalue weighted by Crippen LogP contribution is 2.28. The first-order chi connectivity index (χ1) is 9.56. The van der Waals surface area contributed by atoms with Crippen LogP contribution in [0, 0.1) is 13.8 Å². The maximum atomic E-state index is 6.20. The van der Waals surface area contributed by atoms with Gasteiger partial charge in [-0.3, -0.25) is 4.68 Å². The third-order valence-corrected chi connectivity index (χ3v) is 5.03. The maximum absolute atomic E-state index is 6.20. The number of rotatable bonds is 5. The first-order valence-electron chi connectivity index (χ1n) is 6.91. The molecule has 0 saturated heterocycles. The van der Waals surface area contributed by atoms with Crippen molar-refractivity contribution in [2.45, 2.75) is 39.7 Å². The summed E-state index contributed by atoms with van der Waals surface area (Å²) in [6.07, 6.45) is 0.905. The van der Waals surface area contributed by atoms with E-state index in [1.54, 1.807) is 0 Å². The molecule has 20 heavy (non-hydrogen) atoms. The molecule has 1 aromatic heterocycles. The minimum Gasteiger partial charge on any atom is -0.268 e. The van der Waals surface area contributed by atoms with Crippen LogP contribution in [-0.2, 0) is 13.0 Å². The maximum Gasteiger partial charge on any atom is 0.0738 e. The summed E-state index contributed by atoms with van der Waals surface area (Å²) in [6.45, 7) is 7.13. The molecule has 0 N–H and O–H groups in total. The van der Waals surface area contributed by atoms with Crippen molar-refractivity contribution in [3.05, 3.63) is 51.3 Å². The summed E-state index contributed by atoms with van der Waals surface area (Å²) < 4.78 is 3.18. The van der Waals surface area contributed by atoms with Gasteiger partial charge in [-0.1, -0.05) is 29.8 Å². The number of hydrogen-bond acceptors (Lipinski definition) is 1. The predicted octanol–water partition coefficient (Wildman–Crippen LogP) is 4.85. The molecule has 1 aromatic carbocycles. The highest BCUT2D eigenvalue weighted by molar-refractivity contribution is 9.10. The predicted molar refractivity (Wildman–Crippen MR) is 88.7 cm³/mol. The SMILES string of the molecule is CCn1nc(C)c(Br)c1CC(CCl)c1ccc(C)cc1. The normalized spacial score (nSPS) is 12.7. The van der Waals surface area contributed by atoms with E-state index in [0.29, 0.717) is 11.8 Å². The van der Waals surface area contributed by atoms with Crippen LogP contribution in [0.1, 0.15) is 35.4 Å². The lowest BCUT2D eigenvalue weighted by molar-refractivity contribution is 0.595. The summed E-state index contributed by atoms with van der Waals surface area (Å²) in [4.78, 5) is 0. The second-order valence-corrected chi connectivity index (χ2v) is 6.23. The second kappa shape index (κ2) is 6.77. The molecule has 0 aliphatic rings. The fourth-order valence-electron chi connectivity index (χ4n) is 2.40. The van der Waals surface area contributed by atoms with E-state index in [-0.39, 0.29) is 0 Å². The van der Waals surface area contributed by atoms with Crippen LogP contribution in [0.5, 0.6) is 0 Å². The van der Waals surface area contributed by atoms with Crippen molar-refractivity contribution >= 4 is 27.5 Å². The smallest absolute Gasteiger partial charge is 0.0738 e. The summed E-state index contributed by atoms with van der Waals surface area (Å²) >= 11 is 9.86. The Kier molecular flexibility index (Phi) is 5.28. The van der Waals surface area contributed by atoms with E-state index in [1.165, 1.54) is 16.8 Å². The molecule has 0 saturated carbocycles. The molecule has 0 bridgehead atoms. The number of alkyl halides is 1. The number of aromatic nitrogens is 2. The summed E-state index contributed by atoms with van der Waals surface area (Å²) in [7, 11) is 0. The van der Waals surface area contributed by atoms with Crippen molar-refractivity contribution < 1.29 is 0 Å². The molecule has 108 valence electrons. The van der Waals surface area contributed by atoms with Crippen LogP contribution in [0.15, 0.2) is 28.7 Å². The molecule has 0 aliphatic heterocycles. The Morgan fingerprint density at radius 1 is 1.25 bits per heavy atom. The Bertz CT molecular complexity index is 575. The van der Waals surface area contributed by atoms with E-state index < -0.39 is 0 Å². The Labute approximate surface area is 134 Å². The van der Waals surface area contributed by atoms with Gasteiger partial charge in [-0.25, -0.2) is 0 Å². The van der Waals surface area contributed by atoms with Gasteiger partial charge in [0.2, 0.25) is 0 Å². The van der Waals surface area contributed by atoms with Gasteiger partial charge in [0.25, 0.3) is 0 Å². The van der Waals surface area contributed by atoms with Crippen molar-refractivity contribution in [1.82, 2.24) is 9.78 Å². The van der Waals surface area contributed by atoms with E-state index in [0.717, 1.165) is 23.1 Å². The minimum absolute atomic E-state index is 0.315. The topological polar surface area (TPSA) is 17.8 Å². The highest BCUT2D eigenvalue weighted by atomic mass is 79.9. The molecule has 1 unspecified atom stereocenters. The van der Waals surface area contributed by atoms with Crippen LogP contribution < -0.4 is 0 Å². The van der Waals surface area contributed by atoms with Crippen LogP contribution in [0.4, 0.5) is 0 Å². The molecule has 4 heteroatoms. The number of benzene rings is 1. The average molecular weight is 356 g/mol. The van der Waals surface area contributed by atoms with Gasteiger partial charge in [0, 0.05) is 18.3 Å². The lowest BCUT2D eigenvalue weighted by Gasteiger charge is -2.16. The van der Waals surface area contributed by atoms with Crippen LogP contribution in [0.3, 0.4) is 0 Å². The molecule has 0 spiro atoms. The number of halogens is 2. The zero-order valence-corrected chi connectivity index (χ0v) is 14.5. The van der Waals surface area contributed by atoms with E-state index in [2.05, 4.69) is 63.8 Å². The summed E-state index contributed by atoms with van der Waals surface area (Å²) in [5.41, 5.74) is 4.84. The fourth-order valence-corrected chi connectivity index (χ4v) is 3.13. The molecule has 1 atom stereocenters. The molecular weight excluding hydrogens is 336 g/mol. The van der Waals surface area contributed by atoms with Crippen molar-refractivity contribution in [3.8, 4) is 0 Å². The third kappa shape index (κ3) is 3.26. The van der Waals surface area contributed by atoms with Gasteiger partial charge < -0.3 is 0 Å². The monoisotopic (exact) mass is 354 g/mol. The van der Waals surface area contributed by atoms with Gasteiger partial charge in [-0.15, -0.1) is 11.6 Å². The van der Waals surface area contributed by atoms with Crippen molar-refractivity contribution in [1.29, 1.82) is 0 Å². The number of hydrogen-bond donors (Lipinski definition) is 0. The molecule has 0 amide bonds. The van der Waals surface area contributed by atoms with E-state index in [4.69, 9.17) is 11.6 Å². The quantitative estimate of drug-likeness (QED) is 0.701. The van der Waals surface area contributed by atoms with Crippen LogP contribution >= 0.6 is 27.5 Å². The van der Waals surface area contributed by atoms with Gasteiger partial charge in [-0.2, -0.15) is 5.10 Å².